The lowest BCUT2D eigenvalue weighted by Crippen LogP contribution is -2.43. The second-order valence-electron chi connectivity index (χ2n) is 5.60. The van der Waals surface area contributed by atoms with Crippen LogP contribution in [0.4, 0.5) is 0 Å². The fourth-order valence-electron chi connectivity index (χ4n) is 2.15. The highest BCUT2D eigenvalue weighted by Gasteiger charge is 2.28. The van der Waals surface area contributed by atoms with Crippen LogP contribution in [0.5, 0.6) is 0 Å². The Bertz CT molecular complexity index is 224. The number of piperidine rings is 1. The lowest BCUT2D eigenvalue weighted by molar-refractivity contribution is -0.134. The first kappa shape index (κ1) is 12.5. The molecule has 0 aromatic heterocycles. The van der Waals surface area contributed by atoms with E-state index in [4.69, 9.17) is 5.73 Å². The third-order valence-corrected chi connectivity index (χ3v) is 3.07. The van der Waals surface area contributed by atoms with Crippen molar-refractivity contribution in [3.8, 4) is 0 Å². The van der Waals surface area contributed by atoms with Gasteiger partial charge in [-0.2, -0.15) is 0 Å². The topological polar surface area (TPSA) is 46.3 Å². The number of nitrogens with two attached hydrogens (primary N) is 1. The maximum absolute atomic E-state index is 11.9. The average molecular weight is 212 g/mol. The van der Waals surface area contributed by atoms with Gasteiger partial charge < -0.3 is 10.6 Å². The molecule has 1 rings (SSSR count). The molecular weight excluding hydrogens is 188 g/mol. The Balaban J connectivity index is 2.39. The SMILES string of the molecule is CC(N)CCC(=O)N1CCCC(C)(C)C1. The predicted octanol–water partition coefficient (Wildman–Crippen LogP) is 1.76. The molecule has 1 fully saturated rings. The quantitative estimate of drug-likeness (QED) is 0.775. The summed E-state index contributed by atoms with van der Waals surface area (Å²) in [4.78, 5) is 13.9. The van der Waals surface area contributed by atoms with Gasteiger partial charge in [0.1, 0.15) is 0 Å². The van der Waals surface area contributed by atoms with E-state index < -0.39 is 0 Å². The van der Waals surface area contributed by atoms with Gasteiger partial charge in [0.15, 0.2) is 0 Å². The summed E-state index contributed by atoms with van der Waals surface area (Å²) >= 11 is 0. The van der Waals surface area contributed by atoms with Gasteiger partial charge in [-0.05, 0) is 31.6 Å². The monoisotopic (exact) mass is 212 g/mol. The van der Waals surface area contributed by atoms with Crippen molar-refractivity contribution in [2.45, 2.75) is 52.5 Å². The van der Waals surface area contributed by atoms with E-state index in [1.54, 1.807) is 0 Å². The normalized spacial score (nSPS) is 22.5. The van der Waals surface area contributed by atoms with E-state index >= 15 is 0 Å². The van der Waals surface area contributed by atoms with Gasteiger partial charge in [-0.1, -0.05) is 13.8 Å². The zero-order valence-corrected chi connectivity index (χ0v) is 10.3. The van der Waals surface area contributed by atoms with Crippen LogP contribution < -0.4 is 5.73 Å². The fraction of sp³-hybridized carbons (Fsp3) is 0.917. The summed E-state index contributed by atoms with van der Waals surface area (Å²) in [7, 11) is 0. The third-order valence-electron chi connectivity index (χ3n) is 3.07. The zero-order valence-electron chi connectivity index (χ0n) is 10.3. The van der Waals surface area contributed by atoms with Crippen LogP contribution in [0.15, 0.2) is 0 Å². The summed E-state index contributed by atoms with van der Waals surface area (Å²) in [5, 5.41) is 0. The van der Waals surface area contributed by atoms with Gasteiger partial charge in [-0.15, -0.1) is 0 Å². The molecule has 0 bridgehead atoms. The summed E-state index contributed by atoms with van der Waals surface area (Å²) in [6.45, 7) is 8.26. The molecular formula is C12H24N2O. The van der Waals surface area contributed by atoms with Crippen molar-refractivity contribution in [2.75, 3.05) is 13.1 Å². The minimum atomic E-state index is 0.131. The van der Waals surface area contributed by atoms with Crippen LogP contribution in [0.25, 0.3) is 0 Å². The standard InChI is InChI=1S/C12H24N2O/c1-10(13)5-6-11(15)14-8-4-7-12(2,3)9-14/h10H,4-9,13H2,1-3H3. The van der Waals surface area contributed by atoms with Crippen LogP contribution >= 0.6 is 0 Å². The number of carbonyl (C=O) groups excluding carboxylic acids is 1. The van der Waals surface area contributed by atoms with E-state index in [0.29, 0.717) is 11.8 Å². The van der Waals surface area contributed by atoms with Crippen molar-refractivity contribution in [3.63, 3.8) is 0 Å². The van der Waals surface area contributed by atoms with E-state index in [1.807, 2.05) is 11.8 Å². The van der Waals surface area contributed by atoms with Gasteiger partial charge in [-0.3, -0.25) is 4.79 Å². The number of rotatable bonds is 3. The minimum Gasteiger partial charge on any atom is -0.342 e. The second-order valence-corrected chi connectivity index (χ2v) is 5.60. The van der Waals surface area contributed by atoms with E-state index in [0.717, 1.165) is 25.9 Å². The Morgan fingerprint density at radius 3 is 2.73 bits per heavy atom. The fourth-order valence-corrected chi connectivity index (χ4v) is 2.15. The second kappa shape index (κ2) is 4.97. The van der Waals surface area contributed by atoms with E-state index in [2.05, 4.69) is 13.8 Å². The number of amides is 1. The van der Waals surface area contributed by atoms with Crippen LogP contribution in [0.3, 0.4) is 0 Å². The van der Waals surface area contributed by atoms with E-state index in [9.17, 15) is 4.79 Å². The van der Waals surface area contributed by atoms with E-state index in [1.165, 1.54) is 6.42 Å². The Morgan fingerprint density at radius 2 is 2.20 bits per heavy atom. The van der Waals surface area contributed by atoms with Crippen molar-refractivity contribution >= 4 is 5.91 Å². The van der Waals surface area contributed by atoms with Gasteiger partial charge in [0.25, 0.3) is 0 Å². The number of carbonyl (C=O) groups is 1. The van der Waals surface area contributed by atoms with Crippen LogP contribution in [0.1, 0.15) is 46.5 Å². The first-order valence-corrected chi connectivity index (χ1v) is 5.94. The molecule has 0 spiro atoms. The maximum Gasteiger partial charge on any atom is 0.222 e. The smallest absolute Gasteiger partial charge is 0.222 e. The number of hydrogen-bond donors (Lipinski definition) is 1. The predicted molar refractivity (Wildman–Crippen MR) is 62.5 cm³/mol. The summed E-state index contributed by atoms with van der Waals surface area (Å²) < 4.78 is 0. The first-order chi connectivity index (χ1) is 6.91. The molecule has 15 heavy (non-hydrogen) atoms. The highest BCUT2D eigenvalue weighted by Crippen LogP contribution is 2.28. The van der Waals surface area contributed by atoms with Crippen molar-refractivity contribution in [2.24, 2.45) is 11.1 Å². The molecule has 0 aromatic rings. The van der Waals surface area contributed by atoms with Crippen molar-refractivity contribution in [1.82, 2.24) is 4.90 Å². The lowest BCUT2D eigenvalue weighted by Gasteiger charge is -2.38. The minimum absolute atomic E-state index is 0.131. The summed E-state index contributed by atoms with van der Waals surface area (Å²) in [5.74, 6) is 0.278. The zero-order chi connectivity index (χ0) is 11.5. The molecule has 1 aliphatic rings. The number of likely N-dealkylation sites (tertiary alicyclic amines) is 1. The molecule has 0 radical (unpaired) electrons. The summed E-state index contributed by atoms with van der Waals surface area (Å²) in [6, 6.07) is 0.131. The van der Waals surface area contributed by atoms with Crippen LogP contribution in [-0.4, -0.2) is 29.9 Å². The van der Waals surface area contributed by atoms with Crippen LogP contribution in [-0.2, 0) is 4.79 Å². The summed E-state index contributed by atoms with van der Waals surface area (Å²) in [5.41, 5.74) is 5.95. The molecule has 1 heterocycles. The molecule has 3 heteroatoms. The molecule has 1 aliphatic heterocycles. The number of nitrogens with zero attached hydrogens (tertiary/aromatic N) is 1. The van der Waals surface area contributed by atoms with Crippen LogP contribution in [0.2, 0.25) is 0 Å². The molecule has 1 saturated heterocycles. The van der Waals surface area contributed by atoms with E-state index in [-0.39, 0.29) is 11.9 Å². The Kier molecular flexibility index (Phi) is 4.14. The largest absolute Gasteiger partial charge is 0.342 e. The highest BCUT2D eigenvalue weighted by molar-refractivity contribution is 5.76. The van der Waals surface area contributed by atoms with Gasteiger partial charge in [-0.25, -0.2) is 0 Å². The van der Waals surface area contributed by atoms with Gasteiger partial charge in [0.05, 0.1) is 0 Å². The molecule has 0 aromatic carbocycles. The highest BCUT2D eigenvalue weighted by atomic mass is 16.2. The maximum atomic E-state index is 11.9. The molecule has 2 N–H and O–H groups in total. The molecule has 3 nitrogen and oxygen atoms in total. The summed E-state index contributed by atoms with van der Waals surface area (Å²) in [6.07, 6.45) is 3.77. The molecule has 1 amide bonds. The van der Waals surface area contributed by atoms with Crippen molar-refractivity contribution in [3.05, 3.63) is 0 Å². The first-order valence-electron chi connectivity index (χ1n) is 5.94. The molecule has 0 aliphatic carbocycles. The number of hydrogen-bond acceptors (Lipinski definition) is 2. The van der Waals surface area contributed by atoms with Gasteiger partial charge in [0.2, 0.25) is 5.91 Å². The van der Waals surface area contributed by atoms with Gasteiger partial charge in [0, 0.05) is 25.6 Å². The molecule has 88 valence electrons. The lowest BCUT2D eigenvalue weighted by atomic mass is 9.84. The van der Waals surface area contributed by atoms with Gasteiger partial charge >= 0.3 is 0 Å². The molecule has 1 atom stereocenters. The Morgan fingerprint density at radius 1 is 1.53 bits per heavy atom. The van der Waals surface area contributed by atoms with Crippen LogP contribution in [0, 0.1) is 5.41 Å². The average Bonchev–Trinajstić information content (AvgIpc) is 2.12. The Labute approximate surface area is 93.0 Å². The third kappa shape index (κ3) is 4.20. The van der Waals surface area contributed by atoms with Crippen molar-refractivity contribution in [1.29, 1.82) is 0 Å². The van der Waals surface area contributed by atoms with Crippen molar-refractivity contribution < 1.29 is 4.79 Å². The molecule has 0 saturated carbocycles. The Hall–Kier alpha value is -0.570. The molecule has 1 unspecified atom stereocenters.